The highest BCUT2D eigenvalue weighted by molar-refractivity contribution is 4.79. The SMILES string of the molecule is c1c[nH]cn1.c1ccoc1. The number of rotatable bonds is 0. The summed E-state index contributed by atoms with van der Waals surface area (Å²) >= 11 is 0. The van der Waals surface area contributed by atoms with Crippen molar-refractivity contribution in [2.75, 3.05) is 0 Å². The summed E-state index contributed by atoms with van der Waals surface area (Å²) in [6, 6.07) is 3.67. The number of nitrogens with zero attached hydrogens (tertiary/aromatic N) is 1. The minimum Gasteiger partial charge on any atom is -0.473 e. The van der Waals surface area contributed by atoms with E-state index in [9.17, 15) is 0 Å². The Morgan fingerprint density at radius 3 is 2.20 bits per heavy atom. The highest BCUT2D eigenvalue weighted by Crippen LogP contribution is 1.79. The first-order valence-corrected chi connectivity index (χ1v) is 2.90. The first-order valence-electron chi connectivity index (χ1n) is 2.90. The number of imidazole rings is 1. The summed E-state index contributed by atoms with van der Waals surface area (Å²) in [6.07, 6.45) is 8.33. The molecule has 0 aliphatic carbocycles. The molecule has 1 N–H and O–H groups in total. The molecule has 0 amide bonds. The number of hydrogen-bond donors (Lipinski definition) is 1. The molecule has 0 saturated heterocycles. The van der Waals surface area contributed by atoms with Gasteiger partial charge in [-0.15, -0.1) is 0 Å². The number of aromatic nitrogens is 2. The van der Waals surface area contributed by atoms with Crippen LogP contribution in [-0.4, -0.2) is 9.97 Å². The van der Waals surface area contributed by atoms with E-state index >= 15 is 0 Å². The van der Waals surface area contributed by atoms with Gasteiger partial charge < -0.3 is 9.40 Å². The Kier molecular flexibility index (Phi) is 2.89. The number of H-pyrrole nitrogens is 1. The Hall–Kier alpha value is -1.51. The van der Waals surface area contributed by atoms with Crippen LogP contribution in [0.4, 0.5) is 0 Å². The summed E-state index contributed by atoms with van der Waals surface area (Å²) in [7, 11) is 0. The average Bonchev–Trinajstić information content (AvgIpc) is 2.67. The van der Waals surface area contributed by atoms with Crippen LogP contribution in [-0.2, 0) is 0 Å². The van der Waals surface area contributed by atoms with E-state index in [4.69, 9.17) is 0 Å². The van der Waals surface area contributed by atoms with Gasteiger partial charge in [-0.05, 0) is 12.1 Å². The Balaban J connectivity index is 0.0000001000. The summed E-state index contributed by atoms with van der Waals surface area (Å²) in [5.41, 5.74) is 0. The normalized spacial score (nSPS) is 8.00. The smallest absolute Gasteiger partial charge is 0.0919 e. The van der Waals surface area contributed by atoms with Crippen LogP contribution in [0, 0.1) is 0 Å². The molecule has 0 bridgehead atoms. The molecule has 52 valence electrons. The molecule has 0 aliphatic rings. The second-order valence-electron chi connectivity index (χ2n) is 1.55. The van der Waals surface area contributed by atoms with Crippen LogP contribution in [0.5, 0.6) is 0 Å². The molecule has 0 radical (unpaired) electrons. The zero-order chi connectivity index (χ0) is 7.07. The third kappa shape index (κ3) is 2.71. The summed E-state index contributed by atoms with van der Waals surface area (Å²) in [5, 5.41) is 0. The van der Waals surface area contributed by atoms with Crippen molar-refractivity contribution in [2.45, 2.75) is 0 Å². The largest absolute Gasteiger partial charge is 0.473 e. The zero-order valence-electron chi connectivity index (χ0n) is 5.40. The Bertz CT molecular complexity index is 151. The van der Waals surface area contributed by atoms with Gasteiger partial charge in [-0.3, -0.25) is 0 Å². The van der Waals surface area contributed by atoms with Crippen LogP contribution in [0.3, 0.4) is 0 Å². The monoisotopic (exact) mass is 136 g/mol. The van der Waals surface area contributed by atoms with E-state index in [1.807, 2.05) is 12.1 Å². The third-order valence-corrected chi connectivity index (χ3v) is 0.831. The van der Waals surface area contributed by atoms with Gasteiger partial charge in [-0.1, -0.05) is 0 Å². The molecule has 10 heavy (non-hydrogen) atoms. The van der Waals surface area contributed by atoms with E-state index in [1.54, 1.807) is 31.2 Å². The Morgan fingerprint density at radius 2 is 2.00 bits per heavy atom. The first-order chi connectivity index (χ1) is 5.00. The van der Waals surface area contributed by atoms with Crippen molar-refractivity contribution in [2.24, 2.45) is 0 Å². The number of nitrogens with one attached hydrogen (secondary N) is 1. The highest BCUT2D eigenvalue weighted by atomic mass is 16.3. The van der Waals surface area contributed by atoms with E-state index in [2.05, 4.69) is 14.4 Å². The Morgan fingerprint density at radius 1 is 1.20 bits per heavy atom. The average molecular weight is 136 g/mol. The molecule has 2 rings (SSSR count). The fraction of sp³-hybridized carbons (Fsp3) is 0. The zero-order valence-corrected chi connectivity index (χ0v) is 5.40. The van der Waals surface area contributed by atoms with Crippen molar-refractivity contribution in [1.82, 2.24) is 9.97 Å². The molecule has 2 aromatic rings. The van der Waals surface area contributed by atoms with Crippen LogP contribution < -0.4 is 0 Å². The molecule has 3 nitrogen and oxygen atoms in total. The molecule has 0 spiro atoms. The van der Waals surface area contributed by atoms with Crippen LogP contribution in [0.1, 0.15) is 0 Å². The second kappa shape index (κ2) is 4.38. The van der Waals surface area contributed by atoms with Crippen LogP contribution in [0.2, 0.25) is 0 Å². The van der Waals surface area contributed by atoms with E-state index in [0.717, 1.165) is 0 Å². The van der Waals surface area contributed by atoms with Crippen molar-refractivity contribution >= 4 is 0 Å². The maximum atomic E-state index is 4.58. The summed E-state index contributed by atoms with van der Waals surface area (Å²) in [4.78, 5) is 6.42. The maximum Gasteiger partial charge on any atom is 0.0919 e. The van der Waals surface area contributed by atoms with Crippen LogP contribution in [0.25, 0.3) is 0 Å². The molecule has 0 unspecified atom stereocenters. The number of furan rings is 1. The van der Waals surface area contributed by atoms with Crippen molar-refractivity contribution in [3.63, 3.8) is 0 Å². The number of aromatic amines is 1. The third-order valence-electron chi connectivity index (χ3n) is 0.831. The van der Waals surface area contributed by atoms with Gasteiger partial charge in [0.15, 0.2) is 0 Å². The van der Waals surface area contributed by atoms with Gasteiger partial charge in [-0.2, -0.15) is 0 Å². The lowest BCUT2D eigenvalue weighted by Gasteiger charge is -1.50. The minimum absolute atomic E-state index is 1.62. The molecule has 2 aromatic heterocycles. The topological polar surface area (TPSA) is 41.8 Å². The Labute approximate surface area is 58.7 Å². The second-order valence-corrected chi connectivity index (χ2v) is 1.55. The summed E-state index contributed by atoms with van der Waals surface area (Å²) < 4.78 is 4.58. The molecular weight excluding hydrogens is 128 g/mol. The van der Waals surface area contributed by atoms with Gasteiger partial charge in [0.05, 0.1) is 18.9 Å². The highest BCUT2D eigenvalue weighted by Gasteiger charge is 1.59. The number of hydrogen-bond acceptors (Lipinski definition) is 2. The lowest BCUT2D eigenvalue weighted by Crippen LogP contribution is -1.44. The molecular formula is C7H8N2O. The van der Waals surface area contributed by atoms with Gasteiger partial charge in [0, 0.05) is 12.4 Å². The van der Waals surface area contributed by atoms with E-state index in [1.165, 1.54) is 0 Å². The van der Waals surface area contributed by atoms with E-state index < -0.39 is 0 Å². The van der Waals surface area contributed by atoms with Gasteiger partial charge >= 0.3 is 0 Å². The van der Waals surface area contributed by atoms with Gasteiger partial charge in [0.2, 0.25) is 0 Å². The molecule has 0 atom stereocenters. The molecule has 0 aliphatic heterocycles. The summed E-state index contributed by atoms with van der Waals surface area (Å²) in [5.74, 6) is 0. The maximum absolute atomic E-state index is 4.58. The predicted octanol–water partition coefficient (Wildman–Crippen LogP) is 1.69. The quantitative estimate of drug-likeness (QED) is 0.598. The summed E-state index contributed by atoms with van der Waals surface area (Å²) in [6.45, 7) is 0. The molecule has 2 heterocycles. The first kappa shape index (κ1) is 6.61. The van der Waals surface area contributed by atoms with Crippen molar-refractivity contribution < 1.29 is 4.42 Å². The molecule has 0 saturated carbocycles. The van der Waals surface area contributed by atoms with Crippen molar-refractivity contribution in [3.8, 4) is 0 Å². The van der Waals surface area contributed by atoms with E-state index in [-0.39, 0.29) is 0 Å². The predicted molar refractivity (Wildman–Crippen MR) is 37.3 cm³/mol. The molecule has 0 fully saturated rings. The lowest BCUT2D eigenvalue weighted by atomic mass is 10.7. The van der Waals surface area contributed by atoms with E-state index in [0.29, 0.717) is 0 Å². The van der Waals surface area contributed by atoms with Gasteiger partial charge in [-0.25, -0.2) is 4.98 Å². The van der Waals surface area contributed by atoms with Crippen LogP contribution >= 0.6 is 0 Å². The van der Waals surface area contributed by atoms with Crippen molar-refractivity contribution in [3.05, 3.63) is 43.4 Å². The van der Waals surface area contributed by atoms with Crippen molar-refractivity contribution in [1.29, 1.82) is 0 Å². The lowest BCUT2D eigenvalue weighted by molar-refractivity contribution is 0.567. The standard InChI is InChI=1S/C4H4O.C3H4N2/c1-2-4-5-3-1;1-2-5-3-4-1/h1-4H;1-3H,(H,4,5). The van der Waals surface area contributed by atoms with Crippen LogP contribution in [0.15, 0.2) is 47.8 Å². The van der Waals surface area contributed by atoms with Gasteiger partial charge in [0.1, 0.15) is 0 Å². The molecule has 3 heteroatoms. The molecule has 0 aromatic carbocycles. The fourth-order valence-corrected chi connectivity index (χ4v) is 0.442. The fourth-order valence-electron chi connectivity index (χ4n) is 0.442. The van der Waals surface area contributed by atoms with Gasteiger partial charge in [0.25, 0.3) is 0 Å². The minimum atomic E-state index is 1.62.